The minimum Gasteiger partial charge on any atom is -0.461 e. The molecule has 8 heteroatoms. The Hall–Kier alpha value is -2.74. The number of carbonyl (C=O) groups is 1. The van der Waals surface area contributed by atoms with Crippen molar-refractivity contribution >= 4 is 40.3 Å². The maximum Gasteiger partial charge on any atom is 0.338 e. The van der Waals surface area contributed by atoms with Crippen molar-refractivity contribution in [2.24, 2.45) is 5.10 Å². The average Bonchev–Trinajstić information content (AvgIpc) is 3.22. The van der Waals surface area contributed by atoms with Gasteiger partial charge in [0, 0.05) is 35.1 Å². The molecule has 0 spiro atoms. The van der Waals surface area contributed by atoms with E-state index in [0.717, 1.165) is 11.3 Å². The number of nitrogens with zero attached hydrogens (tertiary/aromatic N) is 4. The summed E-state index contributed by atoms with van der Waals surface area (Å²) in [5.41, 5.74) is 2.84. The molecule has 0 saturated carbocycles. The van der Waals surface area contributed by atoms with Crippen LogP contribution in [0.3, 0.4) is 0 Å². The average molecular weight is 443 g/mol. The topological polar surface area (TPSA) is 58.0 Å². The fourth-order valence-electron chi connectivity index (χ4n) is 2.60. The highest BCUT2D eigenvalue weighted by molar-refractivity contribution is 7.14. The molecular weight excluding hydrogens is 420 g/mol. The molecule has 0 N–H and O–H groups in total. The molecule has 0 radical (unpaired) electrons. The number of hydrogen-bond acceptors (Lipinski definition) is 7. The molecule has 3 rings (SSSR count). The molecule has 0 aliphatic rings. The van der Waals surface area contributed by atoms with Gasteiger partial charge in [0.2, 0.25) is 5.13 Å². The SMILES string of the molecule is CN(C)CCOC(=O)c1ccccc1/C=N/N(C)c1nc(-c2ccccc2Cl)cs1. The van der Waals surface area contributed by atoms with Crippen LogP contribution in [0.15, 0.2) is 59.0 Å². The van der Waals surface area contributed by atoms with Crippen LogP contribution in [0.1, 0.15) is 15.9 Å². The monoisotopic (exact) mass is 442 g/mol. The largest absolute Gasteiger partial charge is 0.461 e. The van der Waals surface area contributed by atoms with Gasteiger partial charge < -0.3 is 9.64 Å². The molecule has 0 aliphatic carbocycles. The standard InChI is InChI=1S/C22H23ClN4O2S/c1-26(2)12-13-29-21(28)17-9-5-4-8-16(17)14-24-27(3)22-25-20(15-30-22)18-10-6-7-11-19(18)23/h4-11,14-15H,12-13H2,1-3H3/b24-14+. The Morgan fingerprint density at radius 1 is 1.17 bits per heavy atom. The summed E-state index contributed by atoms with van der Waals surface area (Å²) in [5.74, 6) is -0.364. The molecule has 0 amide bonds. The summed E-state index contributed by atoms with van der Waals surface area (Å²) in [6, 6.07) is 14.8. The first-order valence-electron chi connectivity index (χ1n) is 9.34. The number of halogens is 1. The quantitative estimate of drug-likeness (QED) is 0.288. The first-order valence-corrected chi connectivity index (χ1v) is 10.6. The van der Waals surface area contributed by atoms with E-state index < -0.39 is 0 Å². The van der Waals surface area contributed by atoms with Crippen molar-refractivity contribution in [3.8, 4) is 11.3 Å². The molecule has 1 aromatic heterocycles. The molecule has 0 aliphatic heterocycles. The zero-order valence-electron chi connectivity index (χ0n) is 17.1. The third-order valence-corrected chi connectivity index (χ3v) is 5.48. The lowest BCUT2D eigenvalue weighted by Crippen LogP contribution is -2.20. The van der Waals surface area contributed by atoms with E-state index in [1.54, 1.807) is 23.4 Å². The fourth-order valence-corrected chi connectivity index (χ4v) is 3.58. The third kappa shape index (κ3) is 5.66. The number of carbonyl (C=O) groups excluding carboxylic acids is 1. The zero-order valence-corrected chi connectivity index (χ0v) is 18.7. The molecule has 1 heterocycles. The van der Waals surface area contributed by atoms with Gasteiger partial charge in [0.15, 0.2) is 0 Å². The Bertz CT molecular complexity index is 1040. The van der Waals surface area contributed by atoms with Crippen LogP contribution in [0.25, 0.3) is 11.3 Å². The van der Waals surface area contributed by atoms with E-state index >= 15 is 0 Å². The Balaban J connectivity index is 1.72. The summed E-state index contributed by atoms with van der Waals surface area (Å²) < 4.78 is 5.36. The Morgan fingerprint density at radius 2 is 1.90 bits per heavy atom. The molecule has 0 saturated heterocycles. The maximum absolute atomic E-state index is 12.4. The van der Waals surface area contributed by atoms with Crippen LogP contribution in [0.4, 0.5) is 5.13 Å². The first kappa shape index (κ1) is 22.0. The molecule has 3 aromatic rings. The lowest BCUT2D eigenvalue weighted by molar-refractivity contribution is 0.0481. The van der Waals surface area contributed by atoms with Crippen molar-refractivity contribution in [3.63, 3.8) is 0 Å². The Kier molecular flexibility index (Phi) is 7.57. The predicted molar refractivity (Wildman–Crippen MR) is 124 cm³/mol. The summed E-state index contributed by atoms with van der Waals surface area (Å²) in [5, 5.41) is 9.43. The van der Waals surface area contributed by atoms with Crippen LogP contribution >= 0.6 is 22.9 Å². The number of hydrazone groups is 1. The van der Waals surface area contributed by atoms with Gasteiger partial charge in [-0.05, 0) is 26.2 Å². The number of thiazole rings is 1. The highest BCUT2D eigenvalue weighted by Gasteiger charge is 2.13. The lowest BCUT2D eigenvalue weighted by Gasteiger charge is -2.11. The van der Waals surface area contributed by atoms with Crippen molar-refractivity contribution < 1.29 is 9.53 Å². The number of hydrogen-bond donors (Lipinski definition) is 0. The maximum atomic E-state index is 12.4. The second kappa shape index (κ2) is 10.3. The molecule has 2 aromatic carbocycles. The van der Waals surface area contributed by atoms with Gasteiger partial charge in [-0.1, -0.05) is 48.0 Å². The highest BCUT2D eigenvalue weighted by atomic mass is 35.5. The second-order valence-electron chi connectivity index (χ2n) is 6.79. The van der Waals surface area contributed by atoms with E-state index in [9.17, 15) is 4.79 Å². The van der Waals surface area contributed by atoms with Crippen molar-refractivity contribution in [1.29, 1.82) is 0 Å². The van der Waals surface area contributed by atoms with Gasteiger partial charge in [0.05, 0.1) is 17.5 Å². The van der Waals surface area contributed by atoms with Crippen LogP contribution in [-0.2, 0) is 4.74 Å². The number of benzene rings is 2. The number of esters is 1. The summed E-state index contributed by atoms with van der Waals surface area (Å²) in [4.78, 5) is 19.0. The predicted octanol–water partition coefficient (Wildman–Crippen LogP) is 4.65. The van der Waals surface area contributed by atoms with E-state index in [4.69, 9.17) is 16.3 Å². The van der Waals surface area contributed by atoms with Gasteiger partial charge >= 0.3 is 5.97 Å². The fraction of sp³-hybridized carbons (Fsp3) is 0.227. The normalized spacial score (nSPS) is 11.2. The van der Waals surface area contributed by atoms with Crippen molar-refractivity contribution in [1.82, 2.24) is 9.88 Å². The first-order chi connectivity index (χ1) is 14.5. The Labute approximate surface area is 185 Å². The highest BCUT2D eigenvalue weighted by Crippen LogP contribution is 2.31. The van der Waals surface area contributed by atoms with Gasteiger partial charge in [-0.2, -0.15) is 5.10 Å². The molecular formula is C22H23ClN4O2S. The van der Waals surface area contributed by atoms with E-state index in [-0.39, 0.29) is 5.97 Å². The molecule has 0 unspecified atom stereocenters. The number of rotatable bonds is 8. The van der Waals surface area contributed by atoms with Crippen LogP contribution in [0, 0.1) is 0 Å². The summed E-state index contributed by atoms with van der Waals surface area (Å²) >= 11 is 7.73. The molecule has 0 bridgehead atoms. The number of likely N-dealkylation sites (N-methyl/N-ethyl adjacent to an activating group) is 1. The van der Waals surface area contributed by atoms with Gasteiger partial charge in [-0.25, -0.2) is 14.8 Å². The van der Waals surface area contributed by atoms with Crippen molar-refractivity contribution in [2.45, 2.75) is 0 Å². The summed E-state index contributed by atoms with van der Waals surface area (Å²) in [6.07, 6.45) is 1.64. The molecule has 6 nitrogen and oxygen atoms in total. The minimum atomic E-state index is -0.364. The third-order valence-electron chi connectivity index (χ3n) is 4.24. The zero-order chi connectivity index (χ0) is 21.5. The number of aromatic nitrogens is 1. The van der Waals surface area contributed by atoms with Crippen LogP contribution in [-0.4, -0.2) is 56.4 Å². The van der Waals surface area contributed by atoms with E-state index in [0.29, 0.717) is 34.4 Å². The van der Waals surface area contributed by atoms with Gasteiger partial charge in [0.25, 0.3) is 0 Å². The van der Waals surface area contributed by atoms with E-state index in [2.05, 4.69) is 10.1 Å². The van der Waals surface area contributed by atoms with Crippen molar-refractivity contribution in [2.75, 3.05) is 39.3 Å². The second-order valence-corrected chi connectivity index (χ2v) is 8.03. The summed E-state index contributed by atoms with van der Waals surface area (Å²) in [6.45, 7) is 1.00. The molecule has 0 atom stereocenters. The van der Waals surface area contributed by atoms with Gasteiger partial charge in [-0.3, -0.25) is 0 Å². The van der Waals surface area contributed by atoms with E-state index in [1.165, 1.54) is 11.3 Å². The molecule has 156 valence electrons. The molecule has 30 heavy (non-hydrogen) atoms. The summed E-state index contributed by atoms with van der Waals surface area (Å²) in [7, 11) is 5.67. The van der Waals surface area contributed by atoms with Crippen molar-refractivity contribution in [3.05, 3.63) is 70.1 Å². The molecule has 0 fully saturated rings. The van der Waals surface area contributed by atoms with E-state index in [1.807, 2.05) is 67.8 Å². The Morgan fingerprint density at radius 3 is 2.67 bits per heavy atom. The van der Waals surface area contributed by atoms with Crippen LogP contribution in [0.5, 0.6) is 0 Å². The minimum absolute atomic E-state index is 0.334. The smallest absolute Gasteiger partial charge is 0.338 e. The van der Waals surface area contributed by atoms with Crippen LogP contribution in [0.2, 0.25) is 5.02 Å². The number of ether oxygens (including phenoxy) is 1. The van der Waals surface area contributed by atoms with Gasteiger partial charge in [0.1, 0.15) is 6.61 Å². The number of anilines is 1. The van der Waals surface area contributed by atoms with Crippen LogP contribution < -0.4 is 5.01 Å². The van der Waals surface area contributed by atoms with Gasteiger partial charge in [-0.15, -0.1) is 11.3 Å². The lowest BCUT2D eigenvalue weighted by atomic mass is 10.1.